The highest BCUT2D eigenvalue weighted by Crippen LogP contribution is 2.53. The van der Waals surface area contributed by atoms with E-state index in [1.54, 1.807) is 12.1 Å². The van der Waals surface area contributed by atoms with Crippen molar-refractivity contribution in [1.82, 2.24) is 5.32 Å². The molecule has 1 unspecified atom stereocenters. The third-order valence-electron chi connectivity index (χ3n) is 6.60. The van der Waals surface area contributed by atoms with Gasteiger partial charge in [-0.3, -0.25) is 0 Å². The van der Waals surface area contributed by atoms with Gasteiger partial charge in [0.15, 0.2) is 9.84 Å². The molecule has 2 aromatic rings. The Morgan fingerprint density at radius 3 is 1.94 bits per heavy atom. The minimum Gasteiger partial charge on any atom is -0.315 e. The Balaban J connectivity index is 0.00000324. The largest absolute Gasteiger partial charge is 0.435 e. The van der Waals surface area contributed by atoms with Crippen LogP contribution in [0.15, 0.2) is 47.4 Å². The zero-order chi connectivity index (χ0) is 24.3. The molecule has 1 heterocycles. The average molecular weight is 532 g/mol. The fourth-order valence-electron chi connectivity index (χ4n) is 4.73. The molecule has 34 heavy (non-hydrogen) atoms. The quantitative estimate of drug-likeness (QED) is 0.526. The van der Waals surface area contributed by atoms with Gasteiger partial charge in [0.1, 0.15) is 4.75 Å². The van der Waals surface area contributed by atoms with E-state index in [1.165, 1.54) is 6.07 Å². The van der Waals surface area contributed by atoms with Gasteiger partial charge in [0, 0.05) is 12.1 Å². The monoisotopic (exact) mass is 531 g/mol. The van der Waals surface area contributed by atoms with Crippen molar-refractivity contribution in [3.8, 4) is 0 Å². The lowest BCUT2D eigenvalue weighted by molar-refractivity contribution is -0.348. The number of hydrogen-bond donors (Lipinski definition) is 1. The highest BCUT2D eigenvalue weighted by molar-refractivity contribution is 7.92. The van der Waals surface area contributed by atoms with Crippen LogP contribution < -0.4 is 5.32 Å². The summed E-state index contributed by atoms with van der Waals surface area (Å²) in [4.78, 5) is 0.0429. The smallest absolute Gasteiger partial charge is 0.315 e. The first kappa shape index (κ1) is 26.7. The van der Waals surface area contributed by atoms with Crippen LogP contribution in [0, 0.1) is 0 Å². The van der Waals surface area contributed by atoms with Crippen molar-refractivity contribution in [2.24, 2.45) is 0 Å². The molecule has 1 fully saturated rings. The van der Waals surface area contributed by atoms with Crippen LogP contribution in [0.1, 0.15) is 35.1 Å². The Hall–Kier alpha value is -1.85. The number of benzene rings is 2. The standard InChI is InChI=1S/C22H20F7NO2S.ClH/c23-20(21(24,25)26,22(27,28)29)17-7-5-16(6-8-17)19(10-11-30-13-19)33(31,32)18-9-4-14-2-1-3-15(14)12-18;/h4-9,12,30H,1-3,10-11,13H2;1H. The van der Waals surface area contributed by atoms with Gasteiger partial charge >= 0.3 is 18.0 Å². The average Bonchev–Trinajstić information content (AvgIpc) is 3.41. The maximum Gasteiger partial charge on any atom is 0.435 e. The zero-order valence-electron chi connectivity index (χ0n) is 17.6. The van der Waals surface area contributed by atoms with Gasteiger partial charge in [0.25, 0.3) is 0 Å². The van der Waals surface area contributed by atoms with Crippen LogP contribution in [0.2, 0.25) is 0 Å². The second kappa shape index (κ2) is 8.67. The van der Waals surface area contributed by atoms with Crippen molar-refractivity contribution < 1.29 is 39.2 Å². The highest BCUT2D eigenvalue weighted by Gasteiger charge is 2.73. The molecule has 1 N–H and O–H groups in total. The Morgan fingerprint density at radius 1 is 0.824 bits per heavy atom. The lowest BCUT2D eigenvalue weighted by Gasteiger charge is -2.32. The molecule has 1 saturated heterocycles. The third kappa shape index (κ3) is 3.89. The van der Waals surface area contributed by atoms with Crippen molar-refractivity contribution in [3.05, 3.63) is 64.7 Å². The highest BCUT2D eigenvalue weighted by atomic mass is 35.5. The number of rotatable bonds is 4. The van der Waals surface area contributed by atoms with Crippen LogP contribution >= 0.6 is 12.4 Å². The number of alkyl halides is 7. The summed E-state index contributed by atoms with van der Waals surface area (Å²) in [5.74, 6) is 0. The number of aryl methyl sites for hydroxylation is 2. The molecule has 4 rings (SSSR count). The second-order valence-electron chi connectivity index (χ2n) is 8.44. The van der Waals surface area contributed by atoms with Gasteiger partial charge in [-0.15, -0.1) is 12.4 Å². The topological polar surface area (TPSA) is 46.2 Å². The molecule has 12 heteroatoms. The fourth-order valence-corrected chi connectivity index (χ4v) is 6.84. The lowest BCUT2D eigenvalue weighted by atomic mass is 9.90. The molecule has 0 spiro atoms. The van der Waals surface area contributed by atoms with E-state index in [4.69, 9.17) is 0 Å². The van der Waals surface area contributed by atoms with E-state index in [9.17, 15) is 39.2 Å². The number of hydrogen-bond acceptors (Lipinski definition) is 3. The fraction of sp³-hybridized carbons (Fsp3) is 0.455. The predicted molar refractivity (Wildman–Crippen MR) is 113 cm³/mol. The number of nitrogens with one attached hydrogen (secondary N) is 1. The lowest BCUT2D eigenvalue weighted by Crippen LogP contribution is -2.50. The Labute approximate surface area is 198 Å². The van der Waals surface area contributed by atoms with Crippen molar-refractivity contribution in [3.63, 3.8) is 0 Å². The van der Waals surface area contributed by atoms with Gasteiger partial charge in [-0.05, 0) is 61.1 Å². The van der Waals surface area contributed by atoms with Crippen molar-refractivity contribution in [2.45, 2.75) is 53.3 Å². The molecule has 3 nitrogen and oxygen atoms in total. The van der Waals surface area contributed by atoms with Gasteiger partial charge in [-0.1, -0.05) is 30.3 Å². The number of halogens is 8. The molecule has 1 aliphatic carbocycles. The molecular formula is C22H21ClF7NO2S. The molecule has 0 amide bonds. The predicted octanol–water partition coefficient (Wildman–Crippen LogP) is 5.55. The summed E-state index contributed by atoms with van der Waals surface area (Å²) >= 11 is 0. The molecule has 0 radical (unpaired) electrons. The van der Waals surface area contributed by atoms with Crippen LogP contribution in [0.4, 0.5) is 30.7 Å². The van der Waals surface area contributed by atoms with E-state index in [1.807, 2.05) is 0 Å². The Kier molecular flexibility index (Phi) is 6.82. The normalized spacial score (nSPS) is 21.3. The van der Waals surface area contributed by atoms with Crippen LogP contribution in [-0.4, -0.2) is 33.9 Å². The Bertz CT molecular complexity index is 1140. The molecular weight excluding hydrogens is 511 g/mol. The van der Waals surface area contributed by atoms with Gasteiger partial charge in [0.05, 0.1) is 4.90 Å². The summed E-state index contributed by atoms with van der Waals surface area (Å²) in [7, 11) is -4.08. The molecule has 2 aliphatic rings. The maximum atomic E-state index is 14.4. The molecule has 188 valence electrons. The summed E-state index contributed by atoms with van der Waals surface area (Å²) in [5, 5.41) is 2.92. The van der Waals surface area contributed by atoms with Crippen molar-refractivity contribution in [1.29, 1.82) is 0 Å². The first-order chi connectivity index (χ1) is 15.2. The van der Waals surface area contributed by atoms with Gasteiger partial charge < -0.3 is 5.32 Å². The van der Waals surface area contributed by atoms with E-state index < -0.39 is 38.2 Å². The molecule has 0 saturated carbocycles. The van der Waals surface area contributed by atoms with E-state index in [2.05, 4.69) is 5.32 Å². The van der Waals surface area contributed by atoms with Crippen LogP contribution in [0.3, 0.4) is 0 Å². The first-order valence-electron chi connectivity index (χ1n) is 10.2. The number of fused-ring (bicyclic) bond motifs is 1. The van der Waals surface area contributed by atoms with Crippen LogP contribution in [0.5, 0.6) is 0 Å². The molecule has 0 bridgehead atoms. The first-order valence-corrected chi connectivity index (χ1v) is 11.7. The Morgan fingerprint density at radius 2 is 1.41 bits per heavy atom. The van der Waals surface area contributed by atoms with Crippen molar-refractivity contribution in [2.75, 3.05) is 13.1 Å². The third-order valence-corrected chi connectivity index (χ3v) is 9.09. The summed E-state index contributed by atoms with van der Waals surface area (Å²) < 4.78 is 119. The molecule has 1 atom stereocenters. The molecule has 2 aromatic carbocycles. The van der Waals surface area contributed by atoms with Gasteiger partial charge in [-0.2, -0.15) is 26.3 Å². The summed E-state index contributed by atoms with van der Waals surface area (Å²) in [5.41, 5.74) is -5.26. The summed E-state index contributed by atoms with van der Waals surface area (Å²) in [6.07, 6.45) is -9.95. The van der Waals surface area contributed by atoms with Crippen molar-refractivity contribution >= 4 is 22.2 Å². The van der Waals surface area contributed by atoms with Gasteiger partial charge in [0.2, 0.25) is 0 Å². The summed E-state index contributed by atoms with van der Waals surface area (Å²) in [6, 6.07) is 7.24. The minimum atomic E-state index is -6.24. The molecule has 1 aliphatic heterocycles. The van der Waals surface area contributed by atoms with E-state index in [-0.39, 0.29) is 42.4 Å². The van der Waals surface area contributed by atoms with Crippen LogP contribution in [-0.2, 0) is 33.1 Å². The van der Waals surface area contributed by atoms with Crippen LogP contribution in [0.25, 0.3) is 0 Å². The molecule has 0 aromatic heterocycles. The summed E-state index contributed by atoms with van der Waals surface area (Å²) in [6.45, 7) is 0.204. The SMILES string of the molecule is Cl.O=S(=O)(c1ccc2c(c1)CCC2)C1(c2ccc(C(F)(C(F)(F)F)C(F)(F)F)cc2)CCNC1. The van der Waals surface area contributed by atoms with Gasteiger partial charge in [-0.25, -0.2) is 12.8 Å². The van der Waals surface area contributed by atoms with E-state index in [0.717, 1.165) is 42.5 Å². The van der Waals surface area contributed by atoms with E-state index in [0.29, 0.717) is 12.1 Å². The maximum absolute atomic E-state index is 14.4. The minimum absolute atomic E-state index is 0. The van der Waals surface area contributed by atoms with E-state index >= 15 is 0 Å². The second-order valence-corrected chi connectivity index (χ2v) is 10.7. The number of sulfone groups is 1. The zero-order valence-corrected chi connectivity index (χ0v) is 19.2.